The summed E-state index contributed by atoms with van der Waals surface area (Å²) >= 11 is 0. The van der Waals surface area contributed by atoms with Crippen LogP contribution in [0.5, 0.6) is 5.75 Å². The van der Waals surface area contributed by atoms with E-state index in [2.05, 4.69) is 10.0 Å². The maximum Gasteiger partial charge on any atom is 0.240 e. The minimum atomic E-state index is -3.70. The van der Waals surface area contributed by atoms with Gasteiger partial charge in [-0.3, -0.25) is 9.59 Å². The molecule has 3 aromatic rings. The number of anilines is 2. The Kier molecular flexibility index (Phi) is 7.18. The average Bonchev–Trinajstić information content (AvgIpc) is 3.25. The third-order valence-corrected chi connectivity index (χ3v) is 7.28. The Morgan fingerprint density at radius 1 is 1.06 bits per heavy atom. The Labute approximate surface area is 205 Å². The quantitative estimate of drug-likeness (QED) is 0.500. The fourth-order valence-corrected chi connectivity index (χ4v) is 4.96. The summed E-state index contributed by atoms with van der Waals surface area (Å²) in [7, 11) is -2.16. The van der Waals surface area contributed by atoms with Crippen molar-refractivity contribution in [3.63, 3.8) is 0 Å². The number of carbonyl (C=O) groups excluding carboxylic acids is 2. The molecule has 1 atom stereocenters. The Hall–Kier alpha value is -3.69. The number of hydrogen-bond donors (Lipinski definition) is 2. The Bertz CT molecular complexity index is 1320. The van der Waals surface area contributed by atoms with Crippen LogP contribution in [0.2, 0.25) is 0 Å². The summed E-state index contributed by atoms with van der Waals surface area (Å²) < 4.78 is 33.1. The van der Waals surface area contributed by atoms with E-state index in [0.29, 0.717) is 17.1 Å². The highest BCUT2D eigenvalue weighted by atomic mass is 32.2. The molecule has 0 saturated carbocycles. The zero-order valence-electron chi connectivity index (χ0n) is 19.5. The second-order valence-electron chi connectivity index (χ2n) is 8.40. The molecule has 1 aliphatic rings. The Balaban J connectivity index is 1.39. The number of nitrogens with zero attached hydrogens (tertiary/aromatic N) is 1. The van der Waals surface area contributed by atoms with E-state index < -0.39 is 15.9 Å². The van der Waals surface area contributed by atoms with Crippen LogP contribution in [-0.4, -0.2) is 33.9 Å². The van der Waals surface area contributed by atoms with Crippen molar-refractivity contribution in [3.05, 3.63) is 83.9 Å². The van der Waals surface area contributed by atoms with Gasteiger partial charge < -0.3 is 15.0 Å². The molecule has 2 amide bonds. The molecular weight excluding hydrogens is 466 g/mol. The molecule has 0 radical (unpaired) electrons. The lowest BCUT2D eigenvalue weighted by atomic mass is 10.1. The second-order valence-corrected chi connectivity index (χ2v) is 10.2. The summed E-state index contributed by atoms with van der Waals surface area (Å²) in [5, 5.41) is 2.79. The normalized spacial score (nSPS) is 15.8. The molecule has 0 spiro atoms. The van der Waals surface area contributed by atoms with Gasteiger partial charge in [0.05, 0.1) is 23.6 Å². The van der Waals surface area contributed by atoms with Gasteiger partial charge in [-0.25, -0.2) is 13.1 Å². The number of methoxy groups -OCH3 is 1. The van der Waals surface area contributed by atoms with Gasteiger partial charge in [0, 0.05) is 25.2 Å². The van der Waals surface area contributed by atoms with Crippen molar-refractivity contribution >= 4 is 33.2 Å². The molecule has 0 bridgehead atoms. The zero-order valence-corrected chi connectivity index (χ0v) is 20.3. The third kappa shape index (κ3) is 5.70. The van der Waals surface area contributed by atoms with Crippen LogP contribution in [0, 0.1) is 12.8 Å². The number of benzene rings is 3. The van der Waals surface area contributed by atoms with Crippen molar-refractivity contribution in [2.45, 2.75) is 24.8 Å². The number of sulfonamides is 1. The number of aryl methyl sites for hydroxylation is 1. The predicted molar refractivity (Wildman–Crippen MR) is 134 cm³/mol. The van der Waals surface area contributed by atoms with E-state index in [1.54, 1.807) is 18.1 Å². The number of amides is 2. The van der Waals surface area contributed by atoms with Crippen LogP contribution in [0.1, 0.15) is 17.5 Å². The molecule has 1 fully saturated rings. The average molecular weight is 494 g/mol. The standard InChI is InChI=1S/C26H27N3O5S/c1-18-8-13-24(34-2)23(14-18)29-17-20(15-25(29)30)26(31)28-21-9-11-22(12-10-21)35(32,33)27-16-19-6-4-3-5-7-19/h3-14,20,27H,15-17H2,1-2H3,(H,28,31). The van der Waals surface area contributed by atoms with Crippen molar-refractivity contribution in [2.75, 3.05) is 23.9 Å². The van der Waals surface area contributed by atoms with Crippen molar-refractivity contribution in [1.29, 1.82) is 0 Å². The van der Waals surface area contributed by atoms with E-state index in [1.807, 2.05) is 49.4 Å². The molecule has 0 aliphatic carbocycles. The van der Waals surface area contributed by atoms with Crippen molar-refractivity contribution in [3.8, 4) is 5.75 Å². The monoisotopic (exact) mass is 493 g/mol. The first-order valence-corrected chi connectivity index (χ1v) is 12.6. The summed E-state index contributed by atoms with van der Waals surface area (Å²) in [5.41, 5.74) is 2.93. The van der Waals surface area contributed by atoms with Crippen LogP contribution < -0.4 is 19.7 Å². The first-order chi connectivity index (χ1) is 16.8. The van der Waals surface area contributed by atoms with Crippen LogP contribution in [0.15, 0.2) is 77.7 Å². The predicted octanol–water partition coefficient (Wildman–Crippen LogP) is 3.47. The lowest BCUT2D eigenvalue weighted by molar-refractivity contribution is -0.122. The molecule has 4 rings (SSSR count). The largest absolute Gasteiger partial charge is 0.495 e. The molecule has 1 saturated heterocycles. The molecule has 182 valence electrons. The Morgan fingerprint density at radius 2 is 1.77 bits per heavy atom. The SMILES string of the molecule is COc1ccc(C)cc1N1CC(C(=O)Nc2ccc(S(=O)(=O)NCc3ccccc3)cc2)CC1=O. The number of rotatable bonds is 8. The van der Waals surface area contributed by atoms with E-state index in [-0.39, 0.29) is 36.2 Å². The van der Waals surface area contributed by atoms with Crippen LogP contribution in [0.25, 0.3) is 0 Å². The van der Waals surface area contributed by atoms with E-state index >= 15 is 0 Å². The third-order valence-electron chi connectivity index (χ3n) is 5.86. The lowest BCUT2D eigenvalue weighted by Gasteiger charge is -2.20. The topological polar surface area (TPSA) is 105 Å². The van der Waals surface area contributed by atoms with Crippen LogP contribution in [-0.2, 0) is 26.2 Å². The molecule has 1 heterocycles. The first kappa shape index (κ1) is 24.4. The van der Waals surface area contributed by atoms with Crippen molar-refractivity contribution in [2.24, 2.45) is 5.92 Å². The number of ether oxygens (including phenoxy) is 1. The van der Waals surface area contributed by atoms with Gasteiger partial charge in [0.1, 0.15) is 5.75 Å². The maximum absolute atomic E-state index is 12.8. The summed E-state index contributed by atoms with van der Waals surface area (Å²) in [6, 6.07) is 20.7. The molecule has 35 heavy (non-hydrogen) atoms. The highest BCUT2D eigenvalue weighted by Crippen LogP contribution is 2.34. The van der Waals surface area contributed by atoms with Crippen LogP contribution >= 0.6 is 0 Å². The fourth-order valence-electron chi connectivity index (χ4n) is 3.95. The van der Waals surface area contributed by atoms with Gasteiger partial charge >= 0.3 is 0 Å². The molecule has 9 heteroatoms. The molecule has 0 aromatic heterocycles. The number of hydrogen-bond acceptors (Lipinski definition) is 5. The molecule has 8 nitrogen and oxygen atoms in total. The van der Waals surface area contributed by atoms with Crippen molar-refractivity contribution in [1.82, 2.24) is 4.72 Å². The molecule has 1 aliphatic heterocycles. The van der Waals surface area contributed by atoms with Crippen LogP contribution in [0.3, 0.4) is 0 Å². The minimum Gasteiger partial charge on any atom is -0.495 e. The van der Waals surface area contributed by atoms with Gasteiger partial charge in [-0.1, -0.05) is 36.4 Å². The van der Waals surface area contributed by atoms with Crippen LogP contribution in [0.4, 0.5) is 11.4 Å². The highest BCUT2D eigenvalue weighted by Gasteiger charge is 2.36. The van der Waals surface area contributed by atoms with E-state index in [0.717, 1.165) is 11.1 Å². The lowest BCUT2D eigenvalue weighted by Crippen LogP contribution is -2.28. The van der Waals surface area contributed by atoms with E-state index in [9.17, 15) is 18.0 Å². The van der Waals surface area contributed by atoms with Gasteiger partial charge in [0.15, 0.2) is 0 Å². The van der Waals surface area contributed by atoms with Gasteiger partial charge in [0.2, 0.25) is 21.8 Å². The number of nitrogens with one attached hydrogen (secondary N) is 2. The smallest absolute Gasteiger partial charge is 0.240 e. The zero-order chi connectivity index (χ0) is 25.0. The molecule has 1 unspecified atom stereocenters. The summed E-state index contributed by atoms with van der Waals surface area (Å²) in [4.78, 5) is 27.2. The van der Waals surface area contributed by atoms with Gasteiger partial charge in [-0.15, -0.1) is 0 Å². The fraction of sp³-hybridized carbons (Fsp3) is 0.231. The molecular formula is C26H27N3O5S. The first-order valence-electron chi connectivity index (χ1n) is 11.2. The van der Waals surface area contributed by atoms with E-state index in [4.69, 9.17) is 4.74 Å². The summed E-state index contributed by atoms with van der Waals surface area (Å²) in [6.07, 6.45) is 0.0821. The minimum absolute atomic E-state index is 0.0821. The summed E-state index contributed by atoms with van der Waals surface area (Å²) in [6.45, 7) is 2.34. The van der Waals surface area contributed by atoms with Gasteiger partial charge in [0.25, 0.3) is 0 Å². The summed E-state index contributed by atoms with van der Waals surface area (Å²) in [5.74, 6) is -0.420. The highest BCUT2D eigenvalue weighted by molar-refractivity contribution is 7.89. The van der Waals surface area contributed by atoms with Gasteiger partial charge in [-0.2, -0.15) is 0 Å². The number of carbonyl (C=O) groups is 2. The van der Waals surface area contributed by atoms with Crippen molar-refractivity contribution < 1.29 is 22.7 Å². The molecule has 2 N–H and O–H groups in total. The van der Waals surface area contributed by atoms with Gasteiger partial charge in [-0.05, 0) is 54.4 Å². The van der Waals surface area contributed by atoms with E-state index in [1.165, 1.54) is 24.3 Å². The second kappa shape index (κ2) is 10.3. The maximum atomic E-state index is 12.8. The molecule has 3 aromatic carbocycles. The Morgan fingerprint density at radius 3 is 2.46 bits per heavy atom.